The number of piperidine rings is 1. The van der Waals surface area contributed by atoms with Crippen LogP contribution in [0, 0.1) is 0 Å². The van der Waals surface area contributed by atoms with Crippen LogP contribution in [-0.2, 0) is 0 Å². The molecule has 0 aromatic heterocycles. The van der Waals surface area contributed by atoms with Crippen LogP contribution in [0.2, 0.25) is 0 Å². The summed E-state index contributed by atoms with van der Waals surface area (Å²) in [5.41, 5.74) is 0. The second-order valence-corrected chi connectivity index (χ2v) is 1.50. The van der Waals surface area contributed by atoms with Gasteiger partial charge in [-0.15, -0.1) is 0 Å². The highest BCUT2D eigenvalue weighted by Gasteiger charge is 1.93. The van der Waals surface area contributed by atoms with Gasteiger partial charge in [-0.05, 0) is 25.9 Å². The number of hydrogen-bond acceptors (Lipinski definition) is 1. The summed E-state index contributed by atoms with van der Waals surface area (Å²) in [6, 6.07) is 0. The molecule has 1 saturated heterocycles. The smallest absolute Gasteiger partial charge is 0.0428 e. The monoisotopic (exact) mass is 87.1 g/mol. The predicted octanol–water partition coefficient (Wildman–Crippen LogP) is 0.760. The molecule has 1 fully saturated rings. The van der Waals surface area contributed by atoms with Gasteiger partial charge in [-0.3, -0.25) is 0 Å². The summed E-state index contributed by atoms with van der Waals surface area (Å²) in [6.07, 6.45) is 1.76. The van der Waals surface area contributed by atoms with E-state index in [4.69, 9.17) is 2.74 Å². The summed E-state index contributed by atoms with van der Waals surface area (Å²) < 4.78 is 14.4. The molecule has 1 rings (SSSR count). The SMILES string of the molecule is [2H]C1CCCNC1[2H]. The van der Waals surface area contributed by atoms with Crippen LogP contribution in [-0.4, -0.2) is 13.1 Å². The molecule has 1 aliphatic rings. The minimum absolute atomic E-state index is 0.191. The Hall–Kier alpha value is -0.0400. The average molecular weight is 87.2 g/mol. The van der Waals surface area contributed by atoms with Gasteiger partial charge in [0.05, 0.1) is 0 Å². The van der Waals surface area contributed by atoms with E-state index in [0.717, 1.165) is 19.4 Å². The third-order valence-corrected chi connectivity index (χ3v) is 0.928. The Kier molecular flexibility index (Phi) is 0.845. The Morgan fingerprint density at radius 3 is 3.00 bits per heavy atom. The van der Waals surface area contributed by atoms with Crippen LogP contribution in [0.4, 0.5) is 0 Å². The van der Waals surface area contributed by atoms with Crippen molar-refractivity contribution in [1.82, 2.24) is 5.32 Å². The normalized spacial score (nSPS) is 53.3. The molecular weight excluding hydrogens is 74.1 g/mol. The molecule has 2 atom stereocenters. The molecule has 1 N–H and O–H groups in total. The van der Waals surface area contributed by atoms with Gasteiger partial charge in [0.1, 0.15) is 0 Å². The van der Waals surface area contributed by atoms with Crippen molar-refractivity contribution in [3.63, 3.8) is 0 Å². The topological polar surface area (TPSA) is 12.0 Å². The Bertz CT molecular complexity index is 66.8. The van der Waals surface area contributed by atoms with Crippen LogP contribution in [0.5, 0.6) is 0 Å². The van der Waals surface area contributed by atoms with Crippen molar-refractivity contribution < 1.29 is 2.74 Å². The van der Waals surface area contributed by atoms with Crippen molar-refractivity contribution in [3.8, 4) is 0 Å². The highest BCUT2D eigenvalue weighted by Crippen LogP contribution is 1.96. The van der Waals surface area contributed by atoms with E-state index in [-0.39, 0.29) is 12.9 Å². The van der Waals surface area contributed by atoms with Crippen molar-refractivity contribution in [1.29, 1.82) is 0 Å². The maximum Gasteiger partial charge on any atom is 0.0428 e. The zero-order valence-electron chi connectivity index (χ0n) is 5.78. The Labute approximate surface area is 41.6 Å². The standard InChI is InChI=1S/C5H11N/c1-2-4-6-5-3-1/h6H,1-5H2/i2D,4D. The summed E-state index contributed by atoms with van der Waals surface area (Å²) >= 11 is 0. The van der Waals surface area contributed by atoms with Gasteiger partial charge in [0, 0.05) is 2.74 Å². The Morgan fingerprint density at radius 1 is 1.50 bits per heavy atom. The fourth-order valence-electron chi connectivity index (χ4n) is 0.572. The lowest BCUT2D eigenvalue weighted by Crippen LogP contribution is -2.21. The maximum absolute atomic E-state index is 7.23. The highest BCUT2D eigenvalue weighted by molar-refractivity contribution is 4.55. The third kappa shape index (κ3) is 0.977. The van der Waals surface area contributed by atoms with E-state index < -0.39 is 0 Å². The zero-order valence-corrected chi connectivity index (χ0v) is 3.78. The largest absolute Gasteiger partial charge is 0.317 e. The first-order chi connectivity index (χ1) is 3.80. The van der Waals surface area contributed by atoms with Gasteiger partial charge in [-0.2, -0.15) is 0 Å². The lowest BCUT2D eigenvalue weighted by atomic mass is 10.2. The van der Waals surface area contributed by atoms with Crippen molar-refractivity contribution in [2.45, 2.75) is 19.2 Å². The zero-order chi connectivity index (χ0) is 5.98. The number of nitrogens with one attached hydrogen (secondary N) is 1. The second-order valence-electron chi connectivity index (χ2n) is 1.50. The summed E-state index contributed by atoms with van der Waals surface area (Å²) in [7, 11) is 0. The molecule has 0 aliphatic carbocycles. The molecule has 6 heavy (non-hydrogen) atoms. The Balaban J connectivity index is 2.28. The van der Waals surface area contributed by atoms with Gasteiger partial charge in [-0.1, -0.05) is 6.42 Å². The van der Waals surface area contributed by atoms with E-state index in [9.17, 15) is 0 Å². The number of hydrogen-bond donors (Lipinski definition) is 1. The fraction of sp³-hybridized carbons (Fsp3) is 1.00. The minimum Gasteiger partial charge on any atom is -0.317 e. The van der Waals surface area contributed by atoms with Crippen molar-refractivity contribution >= 4 is 0 Å². The second kappa shape index (κ2) is 2.19. The van der Waals surface area contributed by atoms with Gasteiger partial charge in [0.25, 0.3) is 0 Å². The average Bonchev–Trinajstić information content (AvgIpc) is 1.77. The van der Waals surface area contributed by atoms with Crippen LogP contribution < -0.4 is 5.32 Å². The van der Waals surface area contributed by atoms with Gasteiger partial charge in [-0.25, -0.2) is 0 Å². The van der Waals surface area contributed by atoms with Crippen LogP contribution >= 0.6 is 0 Å². The molecule has 0 aromatic rings. The number of rotatable bonds is 0. The first-order valence-electron chi connectivity index (χ1n) is 3.54. The summed E-state index contributed by atoms with van der Waals surface area (Å²) in [4.78, 5) is 0. The van der Waals surface area contributed by atoms with E-state index in [0.29, 0.717) is 0 Å². The van der Waals surface area contributed by atoms with Gasteiger partial charge < -0.3 is 5.32 Å². The van der Waals surface area contributed by atoms with Gasteiger partial charge in [0.15, 0.2) is 0 Å². The molecule has 1 aliphatic heterocycles. The van der Waals surface area contributed by atoms with E-state index in [1.54, 1.807) is 0 Å². The molecule has 2 unspecified atom stereocenters. The highest BCUT2D eigenvalue weighted by atomic mass is 14.9. The van der Waals surface area contributed by atoms with Crippen LogP contribution in [0.15, 0.2) is 0 Å². The summed E-state index contributed by atoms with van der Waals surface area (Å²) in [5.74, 6) is 0. The molecule has 0 amide bonds. The summed E-state index contributed by atoms with van der Waals surface area (Å²) in [5, 5.41) is 2.91. The van der Waals surface area contributed by atoms with E-state index in [1.165, 1.54) is 0 Å². The first kappa shape index (κ1) is 2.31. The van der Waals surface area contributed by atoms with Crippen molar-refractivity contribution in [2.24, 2.45) is 0 Å². The minimum atomic E-state index is -0.330. The van der Waals surface area contributed by atoms with Crippen LogP contribution in [0.3, 0.4) is 0 Å². The fourth-order valence-corrected chi connectivity index (χ4v) is 0.572. The van der Waals surface area contributed by atoms with Crippen LogP contribution in [0.25, 0.3) is 0 Å². The van der Waals surface area contributed by atoms with E-state index in [2.05, 4.69) is 5.32 Å². The predicted molar refractivity (Wildman–Crippen MR) is 26.7 cm³/mol. The molecular formula is C5H11N. The van der Waals surface area contributed by atoms with Gasteiger partial charge >= 0.3 is 0 Å². The van der Waals surface area contributed by atoms with Crippen molar-refractivity contribution in [2.75, 3.05) is 13.1 Å². The molecule has 0 spiro atoms. The molecule has 36 valence electrons. The third-order valence-electron chi connectivity index (χ3n) is 0.928. The molecule has 0 radical (unpaired) electrons. The van der Waals surface area contributed by atoms with E-state index >= 15 is 0 Å². The van der Waals surface area contributed by atoms with E-state index in [1.807, 2.05) is 0 Å². The molecule has 0 saturated carbocycles. The Morgan fingerprint density at radius 2 is 2.50 bits per heavy atom. The lowest BCUT2D eigenvalue weighted by molar-refractivity contribution is 0.520. The molecule has 1 heteroatoms. The lowest BCUT2D eigenvalue weighted by Gasteiger charge is -2.08. The van der Waals surface area contributed by atoms with Crippen molar-refractivity contribution in [3.05, 3.63) is 0 Å². The quantitative estimate of drug-likeness (QED) is 0.460. The molecule has 1 nitrogen and oxygen atoms in total. The molecule has 0 aromatic carbocycles. The molecule has 1 heterocycles. The van der Waals surface area contributed by atoms with Crippen LogP contribution in [0.1, 0.15) is 22.0 Å². The first-order valence-corrected chi connectivity index (χ1v) is 2.38. The van der Waals surface area contributed by atoms with Gasteiger partial charge in [0.2, 0.25) is 0 Å². The molecule has 0 bridgehead atoms. The maximum atomic E-state index is 7.23. The summed E-state index contributed by atoms with van der Waals surface area (Å²) in [6.45, 7) is 0.590.